The average molecular weight is 343 g/mol. The SMILES string of the molecule is Cc1nc(-c2cnn(C)c2NC(=O)O[C@H](C)C2CCCC2)ccc1N. The number of pyridine rings is 1. The second-order valence-corrected chi connectivity index (χ2v) is 6.68. The third-order valence-corrected chi connectivity index (χ3v) is 4.92. The molecule has 0 unspecified atom stereocenters. The van der Waals surface area contributed by atoms with Gasteiger partial charge in [0.25, 0.3) is 0 Å². The number of carbonyl (C=O) groups is 1. The number of anilines is 2. The molecule has 1 saturated carbocycles. The largest absolute Gasteiger partial charge is 0.446 e. The van der Waals surface area contributed by atoms with Gasteiger partial charge in [0.05, 0.1) is 28.8 Å². The number of amides is 1. The van der Waals surface area contributed by atoms with Crippen molar-refractivity contribution in [2.45, 2.75) is 45.6 Å². The highest BCUT2D eigenvalue weighted by molar-refractivity contribution is 5.89. The predicted molar refractivity (Wildman–Crippen MR) is 97.1 cm³/mol. The lowest BCUT2D eigenvalue weighted by Crippen LogP contribution is -2.26. The zero-order valence-electron chi connectivity index (χ0n) is 15.0. The minimum Gasteiger partial charge on any atom is -0.446 e. The molecule has 1 aliphatic rings. The smallest absolute Gasteiger partial charge is 0.413 e. The van der Waals surface area contributed by atoms with E-state index < -0.39 is 6.09 Å². The number of nitrogens with one attached hydrogen (secondary N) is 1. The fraction of sp³-hybridized carbons (Fsp3) is 0.500. The van der Waals surface area contributed by atoms with Crippen LogP contribution in [0.4, 0.5) is 16.3 Å². The fourth-order valence-electron chi connectivity index (χ4n) is 3.31. The van der Waals surface area contributed by atoms with Crippen LogP contribution in [0.5, 0.6) is 0 Å². The number of nitrogens with two attached hydrogens (primary N) is 1. The molecule has 1 atom stereocenters. The number of nitrogen functional groups attached to an aromatic ring is 1. The van der Waals surface area contributed by atoms with Crippen molar-refractivity contribution in [3.63, 3.8) is 0 Å². The number of rotatable bonds is 4. The van der Waals surface area contributed by atoms with Crippen molar-refractivity contribution >= 4 is 17.6 Å². The number of ether oxygens (including phenoxy) is 1. The van der Waals surface area contributed by atoms with Gasteiger partial charge in [-0.25, -0.2) is 4.79 Å². The first-order valence-electron chi connectivity index (χ1n) is 8.69. The zero-order valence-corrected chi connectivity index (χ0v) is 15.0. The number of hydrogen-bond acceptors (Lipinski definition) is 5. The van der Waals surface area contributed by atoms with E-state index in [9.17, 15) is 4.79 Å². The molecule has 3 rings (SSSR count). The first-order chi connectivity index (χ1) is 12.0. The highest BCUT2D eigenvalue weighted by atomic mass is 16.6. The lowest BCUT2D eigenvalue weighted by Gasteiger charge is -2.19. The van der Waals surface area contributed by atoms with Crippen molar-refractivity contribution in [3.8, 4) is 11.3 Å². The van der Waals surface area contributed by atoms with Gasteiger partial charge < -0.3 is 10.5 Å². The topological polar surface area (TPSA) is 95.1 Å². The lowest BCUT2D eigenvalue weighted by molar-refractivity contribution is 0.0852. The molecular weight excluding hydrogens is 318 g/mol. The number of hydrogen-bond donors (Lipinski definition) is 2. The molecule has 1 amide bonds. The molecule has 2 heterocycles. The van der Waals surface area contributed by atoms with Crippen molar-refractivity contribution in [1.82, 2.24) is 14.8 Å². The van der Waals surface area contributed by atoms with Gasteiger partial charge in [-0.1, -0.05) is 12.8 Å². The van der Waals surface area contributed by atoms with Gasteiger partial charge in [-0.15, -0.1) is 0 Å². The third kappa shape index (κ3) is 3.75. The maximum absolute atomic E-state index is 12.3. The molecular formula is C18H25N5O2. The van der Waals surface area contributed by atoms with Gasteiger partial charge in [0.15, 0.2) is 0 Å². The van der Waals surface area contributed by atoms with Gasteiger partial charge in [0, 0.05) is 7.05 Å². The van der Waals surface area contributed by atoms with Crippen molar-refractivity contribution in [3.05, 3.63) is 24.0 Å². The quantitative estimate of drug-likeness (QED) is 0.886. The molecule has 7 nitrogen and oxygen atoms in total. The molecule has 134 valence electrons. The lowest BCUT2D eigenvalue weighted by atomic mass is 10.0. The van der Waals surface area contributed by atoms with E-state index in [1.165, 1.54) is 12.8 Å². The van der Waals surface area contributed by atoms with Gasteiger partial charge in [-0.05, 0) is 44.7 Å². The molecule has 25 heavy (non-hydrogen) atoms. The average Bonchev–Trinajstić information content (AvgIpc) is 3.21. The van der Waals surface area contributed by atoms with E-state index in [0.717, 1.165) is 24.1 Å². The van der Waals surface area contributed by atoms with Gasteiger partial charge >= 0.3 is 6.09 Å². The van der Waals surface area contributed by atoms with Crippen molar-refractivity contribution < 1.29 is 9.53 Å². The van der Waals surface area contributed by atoms with Crippen molar-refractivity contribution in [1.29, 1.82) is 0 Å². The van der Waals surface area contributed by atoms with Crippen LogP contribution >= 0.6 is 0 Å². The highest BCUT2D eigenvalue weighted by Gasteiger charge is 2.25. The Morgan fingerprint density at radius 3 is 2.80 bits per heavy atom. The van der Waals surface area contributed by atoms with Crippen LogP contribution in [0.3, 0.4) is 0 Å². The number of nitrogens with zero attached hydrogens (tertiary/aromatic N) is 3. The van der Waals surface area contributed by atoms with E-state index in [1.807, 2.05) is 19.9 Å². The van der Waals surface area contributed by atoms with Crippen molar-refractivity contribution in [2.75, 3.05) is 11.1 Å². The van der Waals surface area contributed by atoms with E-state index in [4.69, 9.17) is 10.5 Å². The van der Waals surface area contributed by atoms with Crippen LogP contribution in [-0.4, -0.2) is 27.0 Å². The number of carbonyl (C=O) groups excluding carboxylic acids is 1. The zero-order chi connectivity index (χ0) is 18.0. The van der Waals surface area contributed by atoms with Gasteiger partial charge in [-0.2, -0.15) is 5.10 Å². The summed E-state index contributed by atoms with van der Waals surface area (Å²) in [5.74, 6) is 1.01. The molecule has 1 aliphatic carbocycles. The van der Waals surface area contributed by atoms with Crippen molar-refractivity contribution in [2.24, 2.45) is 13.0 Å². The molecule has 1 fully saturated rings. The van der Waals surface area contributed by atoms with Gasteiger partial charge in [0.2, 0.25) is 0 Å². The number of aryl methyl sites for hydroxylation is 2. The summed E-state index contributed by atoms with van der Waals surface area (Å²) in [5.41, 5.74) is 8.64. The first kappa shape index (κ1) is 17.3. The van der Waals surface area contributed by atoms with Crippen LogP contribution < -0.4 is 11.1 Å². The molecule has 7 heteroatoms. The third-order valence-electron chi connectivity index (χ3n) is 4.92. The maximum atomic E-state index is 12.3. The monoisotopic (exact) mass is 343 g/mol. The molecule has 0 aromatic carbocycles. The summed E-state index contributed by atoms with van der Waals surface area (Å²) >= 11 is 0. The number of aromatic nitrogens is 3. The summed E-state index contributed by atoms with van der Waals surface area (Å²) in [6, 6.07) is 3.62. The normalized spacial score (nSPS) is 16.0. The van der Waals surface area contributed by atoms with E-state index in [1.54, 1.807) is 24.0 Å². The molecule has 0 saturated heterocycles. The van der Waals surface area contributed by atoms with Gasteiger partial charge in [-0.3, -0.25) is 15.0 Å². The van der Waals surface area contributed by atoms with Crippen LogP contribution in [-0.2, 0) is 11.8 Å². The summed E-state index contributed by atoms with van der Waals surface area (Å²) in [7, 11) is 1.77. The standard InChI is InChI=1S/C18H25N5O2/c1-11-15(19)8-9-16(21-11)14-10-20-23(3)17(14)22-18(24)25-12(2)13-6-4-5-7-13/h8-10,12-13H,4-7,19H2,1-3H3,(H,22,24)/t12-/m1/s1. The van der Waals surface area contributed by atoms with E-state index in [2.05, 4.69) is 15.4 Å². The van der Waals surface area contributed by atoms with Crippen LogP contribution in [0, 0.1) is 12.8 Å². The van der Waals surface area contributed by atoms with E-state index >= 15 is 0 Å². The second kappa shape index (κ2) is 7.13. The summed E-state index contributed by atoms with van der Waals surface area (Å²) in [6.07, 6.45) is 5.81. The Balaban J connectivity index is 1.75. The molecule has 2 aromatic heterocycles. The summed E-state index contributed by atoms with van der Waals surface area (Å²) in [5, 5.41) is 7.04. The summed E-state index contributed by atoms with van der Waals surface area (Å²) in [4.78, 5) is 16.8. The Hall–Kier alpha value is -2.57. The van der Waals surface area contributed by atoms with Crippen LogP contribution in [0.2, 0.25) is 0 Å². The van der Waals surface area contributed by atoms with Crippen LogP contribution in [0.15, 0.2) is 18.3 Å². The Labute approximate surface area is 147 Å². The minimum absolute atomic E-state index is 0.0870. The molecule has 0 bridgehead atoms. The summed E-state index contributed by atoms with van der Waals surface area (Å²) in [6.45, 7) is 3.81. The molecule has 0 spiro atoms. The van der Waals surface area contributed by atoms with Gasteiger partial charge in [0.1, 0.15) is 11.9 Å². The summed E-state index contributed by atoms with van der Waals surface area (Å²) < 4.78 is 7.17. The highest BCUT2D eigenvalue weighted by Crippen LogP contribution is 2.30. The maximum Gasteiger partial charge on any atom is 0.413 e. The predicted octanol–water partition coefficient (Wildman–Crippen LogP) is 3.50. The molecule has 2 aromatic rings. The Kier molecular flexibility index (Phi) is 4.92. The Bertz CT molecular complexity index is 765. The van der Waals surface area contributed by atoms with E-state index in [-0.39, 0.29) is 6.10 Å². The Morgan fingerprint density at radius 1 is 1.40 bits per heavy atom. The second-order valence-electron chi connectivity index (χ2n) is 6.68. The fourth-order valence-corrected chi connectivity index (χ4v) is 3.31. The Morgan fingerprint density at radius 2 is 2.12 bits per heavy atom. The molecule has 0 radical (unpaired) electrons. The minimum atomic E-state index is -0.462. The van der Waals surface area contributed by atoms with Crippen LogP contribution in [0.1, 0.15) is 38.3 Å². The first-order valence-corrected chi connectivity index (χ1v) is 8.69. The van der Waals surface area contributed by atoms with E-state index in [0.29, 0.717) is 23.1 Å². The molecule has 0 aliphatic heterocycles. The molecule has 3 N–H and O–H groups in total. The van der Waals surface area contributed by atoms with Crippen LogP contribution in [0.25, 0.3) is 11.3 Å².